The Bertz CT molecular complexity index is 265. The van der Waals surface area contributed by atoms with Gasteiger partial charge in [0.15, 0.2) is 0 Å². The SMILES string of the molecule is CC1CC2CC=C(N)C=C2N(C)C1. The van der Waals surface area contributed by atoms with Crippen molar-refractivity contribution in [3.63, 3.8) is 0 Å². The fraction of sp³-hybridized carbons (Fsp3) is 0.636. The van der Waals surface area contributed by atoms with Crippen LogP contribution in [0.25, 0.3) is 0 Å². The van der Waals surface area contributed by atoms with Crippen molar-refractivity contribution in [2.24, 2.45) is 17.6 Å². The summed E-state index contributed by atoms with van der Waals surface area (Å²) in [5.41, 5.74) is 8.18. The molecule has 2 aliphatic rings. The standard InChI is InChI=1S/C11H18N2/c1-8-5-9-3-4-10(12)6-11(9)13(2)7-8/h4,6,8-9H,3,5,7,12H2,1-2H3. The average Bonchev–Trinajstić information content (AvgIpc) is 2.06. The second-order valence-electron chi connectivity index (χ2n) is 4.43. The maximum Gasteiger partial charge on any atom is 0.0291 e. The van der Waals surface area contributed by atoms with Crippen LogP contribution in [0.5, 0.6) is 0 Å². The Morgan fingerprint density at radius 3 is 3.08 bits per heavy atom. The summed E-state index contributed by atoms with van der Waals surface area (Å²) in [7, 11) is 2.17. The molecule has 2 atom stereocenters. The summed E-state index contributed by atoms with van der Waals surface area (Å²) in [6.07, 6.45) is 6.74. The van der Waals surface area contributed by atoms with Gasteiger partial charge in [0.25, 0.3) is 0 Å². The van der Waals surface area contributed by atoms with Gasteiger partial charge in [-0.05, 0) is 24.8 Å². The van der Waals surface area contributed by atoms with Crippen LogP contribution in [0.1, 0.15) is 19.8 Å². The van der Waals surface area contributed by atoms with E-state index in [0.29, 0.717) is 0 Å². The first-order chi connectivity index (χ1) is 6.16. The van der Waals surface area contributed by atoms with Crippen molar-refractivity contribution in [1.29, 1.82) is 0 Å². The quantitative estimate of drug-likeness (QED) is 0.612. The lowest BCUT2D eigenvalue weighted by Gasteiger charge is -2.39. The first kappa shape index (κ1) is 8.67. The lowest BCUT2D eigenvalue weighted by Crippen LogP contribution is -2.36. The van der Waals surface area contributed by atoms with Gasteiger partial charge in [0.2, 0.25) is 0 Å². The van der Waals surface area contributed by atoms with E-state index in [4.69, 9.17) is 5.73 Å². The van der Waals surface area contributed by atoms with E-state index >= 15 is 0 Å². The van der Waals surface area contributed by atoms with Crippen molar-refractivity contribution < 1.29 is 0 Å². The van der Waals surface area contributed by atoms with Gasteiger partial charge in [0.1, 0.15) is 0 Å². The topological polar surface area (TPSA) is 29.3 Å². The summed E-state index contributed by atoms with van der Waals surface area (Å²) in [6, 6.07) is 0. The molecule has 0 aromatic rings. The van der Waals surface area contributed by atoms with E-state index < -0.39 is 0 Å². The summed E-state index contributed by atoms with van der Waals surface area (Å²) in [4.78, 5) is 2.36. The van der Waals surface area contributed by atoms with Crippen LogP contribution in [0.15, 0.2) is 23.5 Å². The zero-order chi connectivity index (χ0) is 9.42. The molecule has 0 aromatic carbocycles. The predicted octanol–water partition coefficient (Wildman–Crippen LogP) is 1.70. The minimum Gasteiger partial charge on any atom is -0.399 e. The van der Waals surface area contributed by atoms with Crippen LogP contribution in [0, 0.1) is 11.8 Å². The number of piperidine rings is 1. The Balaban J connectivity index is 2.21. The fourth-order valence-electron chi connectivity index (χ4n) is 2.52. The van der Waals surface area contributed by atoms with Gasteiger partial charge >= 0.3 is 0 Å². The first-order valence-corrected chi connectivity index (χ1v) is 5.05. The van der Waals surface area contributed by atoms with E-state index in [0.717, 1.165) is 24.0 Å². The van der Waals surface area contributed by atoms with Crippen molar-refractivity contribution in [2.75, 3.05) is 13.6 Å². The Morgan fingerprint density at radius 2 is 2.31 bits per heavy atom. The molecule has 1 fully saturated rings. The smallest absolute Gasteiger partial charge is 0.0291 e. The zero-order valence-electron chi connectivity index (χ0n) is 8.46. The van der Waals surface area contributed by atoms with Crippen molar-refractivity contribution in [1.82, 2.24) is 4.90 Å². The number of hydrogen-bond donors (Lipinski definition) is 1. The predicted molar refractivity (Wildman–Crippen MR) is 54.9 cm³/mol. The number of rotatable bonds is 0. The number of nitrogens with zero attached hydrogens (tertiary/aromatic N) is 1. The molecule has 0 spiro atoms. The third-order valence-electron chi connectivity index (χ3n) is 3.08. The Morgan fingerprint density at radius 1 is 1.54 bits per heavy atom. The van der Waals surface area contributed by atoms with Crippen LogP contribution in [-0.2, 0) is 0 Å². The maximum atomic E-state index is 5.80. The molecule has 1 heterocycles. The third kappa shape index (κ3) is 1.58. The molecule has 0 bridgehead atoms. The minimum atomic E-state index is 0.723. The molecule has 2 nitrogen and oxygen atoms in total. The first-order valence-electron chi connectivity index (χ1n) is 5.05. The third-order valence-corrected chi connectivity index (χ3v) is 3.08. The van der Waals surface area contributed by atoms with Gasteiger partial charge in [-0.3, -0.25) is 0 Å². The van der Waals surface area contributed by atoms with Crippen LogP contribution in [-0.4, -0.2) is 18.5 Å². The molecule has 2 N–H and O–H groups in total. The highest BCUT2D eigenvalue weighted by molar-refractivity contribution is 5.27. The number of nitrogens with two attached hydrogens (primary N) is 1. The molecule has 0 radical (unpaired) electrons. The monoisotopic (exact) mass is 178 g/mol. The molecule has 0 amide bonds. The molecule has 72 valence electrons. The van der Waals surface area contributed by atoms with Crippen molar-refractivity contribution in [2.45, 2.75) is 19.8 Å². The van der Waals surface area contributed by atoms with Crippen LogP contribution in [0.4, 0.5) is 0 Å². The second-order valence-corrected chi connectivity index (χ2v) is 4.43. The summed E-state index contributed by atoms with van der Waals surface area (Å²) in [6.45, 7) is 3.50. The molecule has 0 saturated carbocycles. The summed E-state index contributed by atoms with van der Waals surface area (Å²) < 4.78 is 0. The molecule has 1 saturated heterocycles. The normalized spacial score (nSPS) is 33.5. The van der Waals surface area contributed by atoms with Crippen molar-refractivity contribution in [3.8, 4) is 0 Å². The maximum absolute atomic E-state index is 5.80. The zero-order valence-corrected chi connectivity index (χ0v) is 8.46. The van der Waals surface area contributed by atoms with E-state index in [-0.39, 0.29) is 0 Å². The molecular formula is C11H18N2. The van der Waals surface area contributed by atoms with E-state index in [1.165, 1.54) is 18.7 Å². The highest BCUT2D eigenvalue weighted by Gasteiger charge is 2.27. The van der Waals surface area contributed by atoms with E-state index in [1.807, 2.05) is 0 Å². The van der Waals surface area contributed by atoms with Gasteiger partial charge in [-0.15, -0.1) is 0 Å². The van der Waals surface area contributed by atoms with Gasteiger partial charge in [-0.1, -0.05) is 13.0 Å². The van der Waals surface area contributed by atoms with E-state index in [9.17, 15) is 0 Å². The molecule has 2 unspecified atom stereocenters. The average molecular weight is 178 g/mol. The molecule has 13 heavy (non-hydrogen) atoms. The molecule has 2 rings (SSSR count). The van der Waals surface area contributed by atoms with Crippen molar-refractivity contribution in [3.05, 3.63) is 23.5 Å². The van der Waals surface area contributed by atoms with Crippen molar-refractivity contribution >= 4 is 0 Å². The number of allylic oxidation sites excluding steroid dienone is 3. The van der Waals surface area contributed by atoms with Crippen LogP contribution in [0.2, 0.25) is 0 Å². The summed E-state index contributed by atoms with van der Waals surface area (Å²) >= 11 is 0. The summed E-state index contributed by atoms with van der Waals surface area (Å²) in [5.74, 6) is 1.54. The lowest BCUT2D eigenvalue weighted by molar-refractivity contribution is 0.219. The summed E-state index contributed by atoms with van der Waals surface area (Å²) in [5, 5.41) is 0. The van der Waals surface area contributed by atoms with Gasteiger partial charge in [0.05, 0.1) is 0 Å². The van der Waals surface area contributed by atoms with Gasteiger partial charge in [-0.25, -0.2) is 0 Å². The van der Waals surface area contributed by atoms with Gasteiger partial charge < -0.3 is 10.6 Å². The highest BCUT2D eigenvalue weighted by Crippen LogP contribution is 2.34. The van der Waals surface area contributed by atoms with E-state index in [2.05, 4.69) is 31.0 Å². The fourth-order valence-corrected chi connectivity index (χ4v) is 2.52. The largest absolute Gasteiger partial charge is 0.399 e. The molecule has 1 aliphatic heterocycles. The Kier molecular flexibility index (Phi) is 2.06. The number of hydrogen-bond acceptors (Lipinski definition) is 2. The molecule has 2 heteroatoms. The number of likely N-dealkylation sites (tertiary alicyclic amines) is 1. The highest BCUT2D eigenvalue weighted by atomic mass is 15.1. The Labute approximate surface area is 80.1 Å². The van der Waals surface area contributed by atoms with Crippen LogP contribution in [0.3, 0.4) is 0 Å². The van der Waals surface area contributed by atoms with Crippen LogP contribution < -0.4 is 5.73 Å². The van der Waals surface area contributed by atoms with Gasteiger partial charge in [-0.2, -0.15) is 0 Å². The Hall–Kier alpha value is -0.920. The second kappa shape index (κ2) is 3.09. The number of fused-ring (bicyclic) bond motifs is 1. The lowest BCUT2D eigenvalue weighted by atomic mass is 9.83. The van der Waals surface area contributed by atoms with Gasteiger partial charge in [0, 0.05) is 30.9 Å². The van der Waals surface area contributed by atoms with Crippen LogP contribution >= 0.6 is 0 Å². The molecule has 1 aliphatic carbocycles. The van der Waals surface area contributed by atoms with E-state index in [1.54, 1.807) is 0 Å². The minimum absolute atomic E-state index is 0.723. The molecular weight excluding hydrogens is 160 g/mol. The molecule has 0 aromatic heterocycles.